The third-order valence-electron chi connectivity index (χ3n) is 5.35. The van der Waals surface area contributed by atoms with Gasteiger partial charge in [-0.05, 0) is 36.6 Å². The van der Waals surface area contributed by atoms with Gasteiger partial charge < -0.3 is 19.9 Å². The summed E-state index contributed by atoms with van der Waals surface area (Å²) in [6.45, 7) is 0.638. The Labute approximate surface area is 157 Å². The number of carbonyl (C=O) groups excluding carboxylic acids is 1. The lowest BCUT2D eigenvalue weighted by Crippen LogP contribution is -2.30. The van der Waals surface area contributed by atoms with E-state index < -0.39 is 5.97 Å². The molecule has 1 aliphatic heterocycles. The van der Waals surface area contributed by atoms with E-state index in [-0.39, 0.29) is 23.8 Å². The molecule has 27 heavy (non-hydrogen) atoms. The van der Waals surface area contributed by atoms with Crippen molar-refractivity contribution in [3.05, 3.63) is 59.7 Å². The maximum atomic E-state index is 12.7. The zero-order chi connectivity index (χ0) is 18.9. The smallest absolute Gasteiger partial charge is 0.341 e. The van der Waals surface area contributed by atoms with E-state index in [2.05, 4.69) is 11.4 Å². The van der Waals surface area contributed by atoms with E-state index in [1.165, 1.54) is 0 Å². The average molecular weight is 367 g/mol. The molecule has 1 spiro atoms. The topological polar surface area (TPSA) is 84.9 Å². The lowest BCUT2D eigenvalue weighted by atomic mass is 9.87. The number of carboxylic acids is 1. The average Bonchev–Trinajstić information content (AvgIpc) is 3.40. The van der Waals surface area contributed by atoms with Crippen LogP contribution in [0.25, 0.3) is 0 Å². The molecule has 140 valence electrons. The van der Waals surface area contributed by atoms with Gasteiger partial charge in [-0.2, -0.15) is 0 Å². The number of hydrogen-bond donors (Lipinski definition) is 2. The molecule has 2 aromatic carbocycles. The van der Waals surface area contributed by atoms with Gasteiger partial charge in [0.05, 0.1) is 6.61 Å². The predicted molar refractivity (Wildman–Crippen MR) is 97.8 cm³/mol. The molecular weight excluding hydrogens is 346 g/mol. The Morgan fingerprint density at radius 2 is 2.07 bits per heavy atom. The van der Waals surface area contributed by atoms with Crippen LogP contribution in [0.1, 0.15) is 24.0 Å². The van der Waals surface area contributed by atoms with Gasteiger partial charge in [0.15, 0.2) is 6.61 Å². The van der Waals surface area contributed by atoms with Crippen LogP contribution in [0.5, 0.6) is 11.5 Å². The van der Waals surface area contributed by atoms with Crippen molar-refractivity contribution in [2.24, 2.45) is 5.92 Å². The van der Waals surface area contributed by atoms with Crippen molar-refractivity contribution >= 4 is 11.9 Å². The molecule has 2 N–H and O–H groups in total. The minimum absolute atomic E-state index is 0.0333. The maximum absolute atomic E-state index is 12.7. The van der Waals surface area contributed by atoms with Crippen LogP contribution in [0, 0.1) is 5.92 Å². The Hall–Kier alpha value is -3.02. The Morgan fingerprint density at radius 3 is 2.93 bits per heavy atom. The molecule has 1 saturated carbocycles. The lowest BCUT2D eigenvalue weighted by molar-refractivity contribution is -0.139. The van der Waals surface area contributed by atoms with Gasteiger partial charge in [-0.15, -0.1) is 0 Å². The maximum Gasteiger partial charge on any atom is 0.341 e. The van der Waals surface area contributed by atoms with Crippen LogP contribution in [0.3, 0.4) is 0 Å². The molecule has 0 unspecified atom stereocenters. The highest BCUT2D eigenvalue weighted by Crippen LogP contribution is 2.60. The van der Waals surface area contributed by atoms with Gasteiger partial charge in [-0.1, -0.05) is 30.3 Å². The summed E-state index contributed by atoms with van der Waals surface area (Å²) in [5, 5.41) is 11.7. The number of fused-ring (bicyclic) bond motifs is 2. The predicted octanol–water partition coefficient (Wildman–Crippen LogP) is 2.51. The highest BCUT2D eigenvalue weighted by Gasteiger charge is 2.60. The Balaban J connectivity index is 1.38. The molecule has 0 radical (unpaired) electrons. The Morgan fingerprint density at radius 1 is 1.22 bits per heavy atom. The van der Waals surface area contributed by atoms with Crippen molar-refractivity contribution in [3.63, 3.8) is 0 Å². The monoisotopic (exact) mass is 367 g/mol. The summed E-state index contributed by atoms with van der Waals surface area (Å²) >= 11 is 0. The largest absolute Gasteiger partial charge is 0.493 e. The molecule has 6 heteroatoms. The lowest BCUT2D eigenvalue weighted by Gasteiger charge is -2.26. The first-order valence-electron chi connectivity index (χ1n) is 9.02. The van der Waals surface area contributed by atoms with E-state index in [0.29, 0.717) is 18.9 Å². The van der Waals surface area contributed by atoms with Gasteiger partial charge in [0, 0.05) is 23.4 Å². The molecule has 0 saturated heterocycles. The second kappa shape index (κ2) is 6.95. The second-order valence-electron chi connectivity index (χ2n) is 7.06. The van der Waals surface area contributed by atoms with E-state index >= 15 is 0 Å². The second-order valence-corrected chi connectivity index (χ2v) is 7.06. The van der Waals surface area contributed by atoms with Gasteiger partial charge in [-0.3, -0.25) is 4.79 Å². The van der Waals surface area contributed by atoms with Crippen molar-refractivity contribution < 1.29 is 24.2 Å². The summed E-state index contributed by atoms with van der Waals surface area (Å²) in [5.41, 5.74) is 1.92. The highest BCUT2D eigenvalue weighted by atomic mass is 16.5. The van der Waals surface area contributed by atoms with E-state index in [1.54, 1.807) is 18.2 Å². The normalized spacial score (nSPS) is 22.4. The first kappa shape index (κ1) is 17.4. The number of carboxylic acid groups (broad SMARTS) is 1. The molecule has 4 rings (SSSR count). The summed E-state index contributed by atoms with van der Waals surface area (Å²) in [7, 11) is 0. The Kier molecular flexibility index (Phi) is 4.48. The summed E-state index contributed by atoms with van der Waals surface area (Å²) < 4.78 is 10.9. The molecule has 6 nitrogen and oxygen atoms in total. The van der Waals surface area contributed by atoms with Crippen LogP contribution >= 0.6 is 0 Å². The molecule has 1 heterocycles. The summed E-state index contributed by atoms with van der Waals surface area (Å²) in [6.07, 6.45) is 1.71. The quantitative estimate of drug-likeness (QED) is 0.819. The van der Waals surface area contributed by atoms with Crippen molar-refractivity contribution in [1.29, 1.82) is 0 Å². The van der Waals surface area contributed by atoms with E-state index in [1.807, 2.05) is 24.3 Å². The van der Waals surface area contributed by atoms with Crippen LogP contribution < -0.4 is 14.8 Å². The molecule has 1 fully saturated rings. The zero-order valence-electron chi connectivity index (χ0n) is 14.8. The first-order chi connectivity index (χ1) is 13.1. The number of benzene rings is 2. The van der Waals surface area contributed by atoms with Crippen LogP contribution in [-0.4, -0.2) is 30.2 Å². The van der Waals surface area contributed by atoms with Gasteiger partial charge in [0.25, 0.3) is 0 Å². The van der Waals surface area contributed by atoms with Crippen LogP contribution in [-0.2, 0) is 21.5 Å². The fraction of sp³-hybridized carbons (Fsp3) is 0.333. The summed E-state index contributed by atoms with van der Waals surface area (Å²) in [6, 6.07) is 15.1. The summed E-state index contributed by atoms with van der Waals surface area (Å²) in [5.74, 6) is 0.356. The molecule has 2 aliphatic rings. The van der Waals surface area contributed by atoms with Crippen molar-refractivity contribution in [2.45, 2.75) is 24.8 Å². The standard InChI is InChI=1S/C21H21NO5/c23-19(24)13-27-15-5-3-4-14(10-15)12-22-20(25)17-11-21(17)8-9-26-18-7-2-1-6-16(18)21/h1-7,10,17H,8-9,11-13H2,(H,22,25)(H,23,24)/t17-,21-/m0/s1. The van der Waals surface area contributed by atoms with Gasteiger partial charge >= 0.3 is 5.97 Å². The van der Waals surface area contributed by atoms with Gasteiger partial charge in [-0.25, -0.2) is 4.79 Å². The zero-order valence-corrected chi connectivity index (χ0v) is 14.8. The van der Waals surface area contributed by atoms with E-state index in [9.17, 15) is 9.59 Å². The van der Waals surface area contributed by atoms with Crippen molar-refractivity contribution in [2.75, 3.05) is 13.2 Å². The molecule has 0 bridgehead atoms. The van der Waals surface area contributed by atoms with E-state index in [0.717, 1.165) is 29.7 Å². The highest BCUT2D eigenvalue weighted by molar-refractivity contribution is 5.84. The molecule has 2 aromatic rings. The van der Waals surface area contributed by atoms with Crippen LogP contribution in [0.15, 0.2) is 48.5 Å². The number of amides is 1. The van der Waals surface area contributed by atoms with Crippen LogP contribution in [0.4, 0.5) is 0 Å². The molecule has 1 aliphatic carbocycles. The van der Waals surface area contributed by atoms with Gasteiger partial charge in [0.2, 0.25) is 5.91 Å². The molecular formula is C21H21NO5. The van der Waals surface area contributed by atoms with E-state index in [4.69, 9.17) is 14.6 Å². The SMILES string of the molecule is O=C(O)COc1cccc(CNC(=O)[C@@H]2C[C@]23CCOc2ccccc23)c1. The minimum Gasteiger partial charge on any atom is -0.493 e. The van der Waals surface area contributed by atoms with Gasteiger partial charge in [0.1, 0.15) is 11.5 Å². The number of carbonyl (C=O) groups is 2. The fourth-order valence-electron chi connectivity index (χ4n) is 3.91. The Bertz CT molecular complexity index is 880. The fourth-order valence-corrected chi connectivity index (χ4v) is 3.91. The van der Waals surface area contributed by atoms with Crippen molar-refractivity contribution in [1.82, 2.24) is 5.32 Å². The molecule has 1 amide bonds. The third-order valence-corrected chi connectivity index (χ3v) is 5.35. The van der Waals surface area contributed by atoms with Crippen molar-refractivity contribution in [3.8, 4) is 11.5 Å². The number of rotatable bonds is 6. The summed E-state index contributed by atoms with van der Waals surface area (Å²) in [4.78, 5) is 23.3. The number of nitrogens with one attached hydrogen (secondary N) is 1. The first-order valence-corrected chi connectivity index (χ1v) is 9.02. The molecule has 0 aromatic heterocycles. The number of aliphatic carboxylic acids is 1. The molecule has 2 atom stereocenters. The number of hydrogen-bond acceptors (Lipinski definition) is 4. The minimum atomic E-state index is -1.02. The third kappa shape index (κ3) is 3.47. The number of para-hydroxylation sites is 1. The number of ether oxygens (including phenoxy) is 2. The van der Waals surface area contributed by atoms with Crippen LogP contribution in [0.2, 0.25) is 0 Å².